The quantitative estimate of drug-likeness (QED) is 0.605. The second kappa shape index (κ2) is 7.67. The normalized spacial score (nSPS) is 16.6. The molecule has 0 bridgehead atoms. The highest BCUT2D eigenvalue weighted by molar-refractivity contribution is 5.81. The molecular weight excluding hydrogens is 216 g/mol. The highest BCUT2D eigenvalue weighted by Gasteiger charge is 2.21. The lowest BCUT2D eigenvalue weighted by atomic mass is 10.0. The lowest BCUT2D eigenvalue weighted by Gasteiger charge is -2.25. The third-order valence-corrected chi connectivity index (χ3v) is 3.28. The van der Waals surface area contributed by atoms with Crippen LogP contribution in [0.2, 0.25) is 0 Å². The summed E-state index contributed by atoms with van der Waals surface area (Å²) < 4.78 is 0. The van der Waals surface area contributed by atoms with Crippen LogP contribution in [0.25, 0.3) is 0 Å². The van der Waals surface area contributed by atoms with E-state index < -0.39 is 5.60 Å². The molecular formula is C13H28N2O2. The van der Waals surface area contributed by atoms with Crippen molar-refractivity contribution < 1.29 is 9.90 Å². The van der Waals surface area contributed by atoms with Crippen LogP contribution in [0.4, 0.5) is 0 Å². The molecule has 2 atom stereocenters. The average molecular weight is 244 g/mol. The van der Waals surface area contributed by atoms with Crippen molar-refractivity contribution in [3.63, 3.8) is 0 Å². The molecule has 3 N–H and O–H groups in total. The fourth-order valence-electron chi connectivity index (χ4n) is 1.41. The van der Waals surface area contributed by atoms with E-state index in [1.54, 1.807) is 6.92 Å². The summed E-state index contributed by atoms with van der Waals surface area (Å²) in [6.45, 7) is 10.1. The Morgan fingerprint density at radius 2 is 1.82 bits per heavy atom. The summed E-state index contributed by atoms with van der Waals surface area (Å²) in [7, 11) is 0. The van der Waals surface area contributed by atoms with E-state index in [0.717, 1.165) is 12.8 Å². The number of hydrogen-bond donors (Lipinski definition) is 3. The number of carbonyl (C=O) groups excluding carboxylic acids is 1. The van der Waals surface area contributed by atoms with Gasteiger partial charge in [0.05, 0.1) is 11.6 Å². The van der Waals surface area contributed by atoms with Gasteiger partial charge in [0.2, 0.25) is 5.91 Å². The average Bonchev–Trinajstić information content (AvgIpc) is 2.32. The molecule has 0 saturated carbocycles. The van der Waals surface area contributed by atoms with E-state index in [4.69, 9.17) is 0 Å². The summed E-state index contributed by atoms with van der Waals surface area (Å²) in [5.74, 6) is 0.00519. The Bertz CT molecular complexity index is 225. The van der Waals surface area contributed by atoms with E-state index in [1.807, 2.05) is 13.8 Å². The minimum Gasteiger partial charge on any atom is -0.389 e. The van der Waals surface area contributed by atoms with E-state index in [1.165, 1.54) is 0 Å². The minimum atomic E-state index is -0.747. The monoisotopic (exact) mass is 244 g/mol. The van der Waals surface area contributed by atoms with Crippen molar-refractivity contribution >= 4 is 5.91 Å². The number of nitrogens with one attached hydrogen (secondary N) is 2. The van der Waals surface area contributed by atoms with Gasteiger partial charge in [0.25, 0.3) is 0 Å². The third-order valence-electron chi connectivity index (χ3n) is 3.28. The van der Waals surface area contributed by atoms with E-state index in [-0.39, 0.29) is 18.0 Å². The van der Waals surface area contributed by atoms with Gasteiger partial charge in [-0.15, -0.1) is 0 Å². The Hall–Kier alpha value is -0.610. The second-order valence-electron chi connectivity index (χ2n) is 4.98. The fraction of sp³-hybridized carbons (Fsp3) is 0.923. The van der Waals surface area contributed by atoms with E-state index in [9.17, 15) is 9.90 Å². The molecule has 4 heteroatoms. The summed E-state index contributed by atoms with van der Waals surface area (Å²) >= 11 is 0. The van der Waals surface area contributed by atoms with Crippen LogP contribution in [-0.4, -0.2) is 35.2 Å². The van der Waals surface area contributed by atoms with Gasteiger partial charge in [-0.25, -0.2) is 0 Å². The van der Waals surface area contributed by atoms with E-state index >= 15 is 0 Å². The van der Waals surface area contributed by atoms with Crippen LogP contribution < -0.4 is 10.6 Å². The first-order chi connectivity index (χ1) is 7.86. The topological polar surface area (TPSA) is 61.4 Å². The number of hydrogen-bond acceptors (Lipinski definition) is 3. The molecule has 1 amide bonds. The van der Waals surface area contributed by atoms with Crippen molar-refractivity contribution in [3.8, 4) is 0 Å². The SMILES string of the molecule is CCC(CC)NC(=O)C(C)NCC(C)(O)CC. The summed E-state index contributed by atoms with van der Waals surface area (Å²) in [6, 6.07) is -0.0212. The van der Waals surface area contributed by atoms with E-state index in [2.05, 4.69) is 24.5 Å². The van der Waals surface area contributed by atoms with Crippen molar-refractivity contribution in [2.75, 3.05) is 6.54 Å². The molecule has 0 aliphatic heterocycles. The lowest BCUT2D eigenvalue weighted by Crippen LogP contribution is -2.49. The van der Waals surface area contributed by atoms with Crippen molar-refractivity contribution in [2.24, 2.45) is 0 Å². The predicted molar refractivity (Wildman–Crippen MR) is 70.9 cm³/mol. The summed E-state index contributed by atoms with van der Waals surface area (Å²) in [5.41, 5.74) is -0.747. The number of rotatable bonds is 8. The number of aliphatic hydroxyl groups is 1. The maximum absolute atomic E-state index is 11.8. The Morgan fingerprint density at radius 3 is 2.24 bits per heavy atom. The molecule has 0 aromatic rings. The Kier molecular flexibility index (Phi) is 7.39. The molecule has 0 rings (SSSR count). The van der Waals surface area contributed by atoms with Gasteiger partial charge in [-0.1, -0.05) is 20.8 Å². The second-order valence-corrected chi connectivity index (χ2v) is 4.98. The number of carbonyl (C=O) groups is 1. The molecule has 102 valence electrons. The van der Waals surface area contributed by atoms with Gasteiger partial charge >= 0.3 is 0 Å². The van der Waals surface area contributed by atoms with Crippen LogP contribution in [0, 0.1) is 0 Å². The summed E-state index contributed by atoms with van der Waals surface area (Å²) in [4.78, 5) is 11.8. The van der Waals surface area contributed by atoms with Gasteiger partial charge in [0, 0.05) is 12.6 Å². The smallest absolute Gasteiger partial charge is 0.237 e. The Labute approximate surface area is 105 Å². The first kappa shape index (κ1) is 16.4. The zero-order valence-electron chi connectivity index (χ0n) is 11.8. The lowest BCUT2D eigenvalue weighted by molar-refractivity contribution is -0.123. The molecule has 0 saturated heterocycles. The van der Waals surface area contributed by atoms with Crippen LogP contribution >= 0.6 is 0 Å². The van der Waals surface area contributed by atoms with Gasteiger partial charge < -0.3 is 15.7 Å². The minimum absolute atomic E-state index is 0.00519. The van der Waals surface area contributed by atoms with E-state index in [0.29, 0.717) is 13.0 Å². The molecule has 0 spiro atoms. The van der Waals surface area contributed by atoms with Crippen LogP contribution in [-0.2, 0) is 4.79 Å². The highest BCUT2D eigenvalue weighted by atomic mass is 16.3. The predicted octanol–water partition coefficient (Wildman–Crippen LogP) is 1.43. The molecule has 0 aliphatic rings. The maximum atomic E-state index is 11.8. The zero-order chi connectivity index (χ0) is 13.5. The molecule has 0 aromatic heterocycles. The van der Waals surface area contributed by atoms with Crippen LogP contribution in [0.3, 0.4) is 0 Å². The van der Waals surface area contributed by atoms with Crippen LogP contribution in [0.1, 0.15) is 53.9 Å². The number of amides is 1. The van der Waals surface area contributed by atoms with Crippen molar-refractivity contribution in [2.45, 2.75) is 71.6 Å². The first-order valence-corrected chi connectivity index (χ1v) is 6.62. The molecule has 0 heterocycles. The molecule has 4 nitrogen and oxygen atoms in total. The molecule has 0 aliphatic carbocycles. The molecule has 0 radical (unpaired) electrons. The van der Waals surface area contributed by atoms with Gasteiger partial charge in [0.15, 0.2) is 0 Å². The van der Waals surface area contributed by atoms with Crippen molar-refractivity contribution in [3.05, 3.63) is 0 Å². The largest absolute Gasteiger partial charge is 0.389 e. The molecule has 0 aromatic carbocycles. The van der Waals surface area contributed by atoms with Crippen molar-refractivity contribution in [1.82, 2.24) is 10.6 Å². The zero-order valence-corrected chi connectivity index (χ0v) is 11.8. The standard InChI is InChI=1S/C13H28N2O2/c1-6-11(7-2)15-12(16)10(4)14-9-13(5,17)8-3/h10-11,14,17H,6-9H2,1-5H3,(H,15,16). The highest BCUT2D eigenvalue weighted by Crippen LogP contribution is 2.06. The Balaban J connectivity index is 4.06. The third kappa shape index (κ3) is 6.64. The van der Waals surface area contributed by atoms with Gasteiger partial charge in [-0.2, -0.15) is 0 Å². The summed E-state index contributed by atoms with van der Waals surface area (Å²) in [6.07, 6.45) is 2.56. The van der Waals surface area contributed by atoms with Gasteiger partial charge in [0.1, 0.15) is 0 Å². The van der Waals surface area contributed by atoms with Crippen LogP contribution in [0.15, 0.2) is 0 Å². The molecule has 0 fully saturated rings. The Morgan fingerprint density at radius 1 is 1.29 bits per heavy atom. The first-order valence-electron chi connectivity index (χ1n) is 6.62. The fourth-order valence-corrected chi connectivity index (χ4v) is 1.41. The molecule has 17 heavy (non-hydrogen) atoms. The van der Waals surface area contributed by atoms with Gasteiger partial charge in [-0.3, -0.25) is 4.79 Å². The van der Waals surface area contributed by atoms with Crippen molar-refractivity contribution in [1.29, 1.82) is 0 Å². The van der Waals surface area contributed by atoms with Crippen LogP contribution in [0.5, 0.6) is 0 Å². The summed E-state index contributed by atoms with van der Waals surface area (Å²) in [5, 5.41) is 15.9. The van der Waals surface area contributed by atoms with Gasteiger partial charge in [-0.05, 0) is 33.1 Å². The maximum Gasteiger partial charge on any atom is 0.237 e. The molecule has 2 unspecified atom stereocenters.